The summed E-state index contributed by atoms with van der Waals surface area (Å²) in [6.45, 7) is -0.653. The van der Waals surface area contributed by atoms with Gasteiger partial charge in [-0.2, -0.15) is 4.72 Å². The Bertz CT molecular complexity index is 1060. The van der Waals surface area contributed by atoms with Crippen LogP contribution >= 0.6 is 23.2 Å². The molecule has 0 aromatic heterocycles. The maximum atomic E-state index is 12.2. The van der Waals surface area contributed by atoms with Crippen molar-refractivity contribution in [3.8, 4) is 0 Å². The minimum atomic E-state index is -3.98. The van der Waals surface area contributed by atoms with Gasteiger partial charge in [0, 0.05) is 12.0 Å². The number of benzene rings is 2. The van der Waals surface area contributed by atoms with E-state index in [1.807, 2.05) is 30.3 Å². The molecule has 1 fully saturated rings. The van der Waals surface area contributed by atoms with Crippen LogP contribution in [0.15, 0.2) is 53.4 Å². The zero-order valence-corrected chi connectivity index (χ0v) is 18.9. The average Bonchev–Trinajstić information content (AvgIpc) is 2.72. The van der Waals surface area contributed by atoms with Gasteiger partial charge in [-0.1, -0.05) is 60.0 Å². The third-order valence-electron chi connectivity index (χ3n) is 5.29. The van der Waals surface area contributed by atoms with Gasteiger partial charge in [0.1, 0.15) is 6.54 Å². The average molecular weight is 485 g/mol. The molecule has 0 unspecified atom stereocenters. The molecule has 7 nitrogen and oxygen atoms in total. The van der Waals surface area contributed by atoms with E-state index in [2.05, 4.69) is 10.0 Å². The van der Waals surface area contributed by atoms with Crippen molar-refractivity contribution in [1.82, 2.24) is 10.0 Å². The number of ether oxygens (including phenoxy) is 1. The van der Waals surface area contributed by atoms with Crippen LogP contribution in [0.2, 0.25) is 10.0 Å². The van der Waals surface area contributed by atoms with Crippen LogP contribution in [0.3, 0.4) is 0 Å². The molecule has 0 radical (unpaired) electrons. The molecular formula is C21H22Cl2N2O5S. The smallest absolute Gasteiger partial charge is 0.321 e. The molecule has 2 N–H and O–H groups in total. The van der Waals surface area contributed by atoms with Crippen LogP contribution in [0, 0.1) is 0 Å². The summed E-state index contributed by atoms with van der Waals surface area (Å²) in [5.74, 6) is -1.32. The lowest BCUT2D eigenvalue weighted by Gasteiger charge is -2.42. The molecule has 0 aliphatic heterocycles. The summed E-state index contributed by atoms with van der Waals surface area (Å²) >= 11 is 11.6. The second-order valence-electron chi connectivity index (χ2n) is 7.34. The van der Waals surface area contributed by atoms with Crippen molar-refractivity contribution in [2.45, 2.75) is 29.6 Å². The van der Waals surface area contributed by atoms with Crippen LogP contribution < -0.4 is 10.0 Å². The fourth-order valence-electron chi connectivity index (χ4n) is 3.36. The first kappa shape index (κ1) is 23.5. The molecular weight excluding hydrogens is 463 g/mol. The highest BCUT2D eigenvalue weighted by Gasteiger charge is 2.38. The van der Waals surface area contributed by atoms with Crippen LogP contribution in [0.25, 0.3) is 0 Å². The molecule has 1 aliphatic rings. The first-order valence-corrected chi connectivity index (χ1v) is 11.9. The number of hydrogen-bond donors (Lipinski definition) is 2. The van der Waals surface area contributed by atoms with Gasteiger partial charge in [0.05, 0.1) is 14.9 Å². The Labute approximate surface area is 191 Å². The monoisotopic (exact) mass is 484 g/mol. The number of hydrogen-bond acceptors (Lipinski definition) is 5. The molecule has 0 bridgehead atoms. The highest BCUT2D eigenvalue weighted by molar-refractivity contribution is 7.89. The van der Waals surface area contributed by atoms with Gasteiger partial charge in [-0.15, -0.1) is 0 Å². The number of halogens is 2. The van der Waals surface area contributed by atoms with Crippen molar-refractivity contribution in [3.63, 3.8) is 0 Å². The molecule has 166 valence electrons. The molecule has 0 atom stereocenters. The largest absolute Gasteiger partial charge is 0.455 e. The van der Waals surface area contributed by atoms with Gasteiger partial charge in [0.25, 0.3) is 5.91 Å². The summed E-state index contributed by atoms with van der Waals surface area (Å²) in [7, 11) is -3.98. The Morgan fingerprint density at radius 2 is 1.74 bits per heavy atom. The summed E-state index contributed by atoms with van der Waals surface area (Å²) < 4.78 is 31.4. The maximum Gasteiger partial charge on any atom is 0.321 e. The summed E-state index contributed by atoms with van der Waals surface area (Å²) in [5, 5.41) is 3.09. The van der Waals surface area contributed by atoms with E-state index < -0.39 is 35.1 Å². The second-order valence-corrected chi connectivity index (χ2v) is 9.92. The SMILES string of the molecule is O=C(COC(=O)CNS(=O)(=O)c1ccc(Cl)c(Cl)c1)NCC1(c2ccccc2)CCC1. The van der Waals surface area contributed by atoms with E-state index in [4.69, 9.17) is 27.9 Å². The normalized spacial score (nSPS) is 15.0. The number of sulfonamides is 1. The third-order valence-corrected chi connectivity index (χ3v) is 7.43. The number of carbonyl (C=O) groups is 2. The van der Waals surface area contributed by atoms with Gasteiger partial charge < -0.3 is 10.1 Å². The Hall–Kier alpha value is -2.13. The van der Waals surface area contributed by atoms with Crippen LogP contribution in [0.5, 0.6) is 0 Å². The molecule has 0 saturated heterocycles. The van der Waals surface area contributed by atoms with E-state index in [9.17, 15) is 18.0 Å². The predicted octanol–water partition coefficient (Wildman–Crippen LogP) is 3.05. The number of nitrogens with one attached hydrogen (secondary N) is 2. The summed E-state index contributed by atoms with van der Waals surface area (Å²) in [5.41, 5.74) is 1.09. The summed E-state index contributed by atoms with van der Waals surface area (Å²) in [4.78, 5) is 23.8. The van der Waals surface area contributed by atoms with Crippen molar-refractivity contribution >= 4 is 45.1 Å². The molecule has 0 heterocycles. The van der Waals surface area contributed by atoms with Crippen molar-refractivity contribution in [3.05, 3.63) is 64.1 Å². The van der Waals surface area contributed by atoms with Crippen LogP contribution in [0.4, 0.5) is 0 Å². The molecule has 1 amide bonds. The zero-order valence-electron chi connectivity index (χ0n) is 16.6. The minimum absolute atomic E-state index is 0.0727. The standard InChI is InChI=1S/C21H22Cl2N2O5S/c22-17-8-7-16(11-18(17)23)31(28,29)25-12-20(27)30-13-19(26)24-14-21(9-4-10-21)15-5-2-1-3-6-15/h1-3,5-8,11,25H,4,9-10,12-14H2,(H,24,26). The van der Waals surface area contributed by atoms with Crippen LogP contribution in [0.1, 0.15) is 24.8 Å². The second kappa shape index (κ2) is 9.99. The Morgan fingerprint density at radius 1 is 1.03 bits per heavy atom. The first-order chi connectivity index (χ1) is 14.7. The van der Waals surface area contributed by atoms with E-state index >= 15 is 0 Å². The highest BCUT2D eigenvalue weighted by atomic mass is 35.5. The number of esters is 1. The molecule has 10 heteroatoms. The number of amides is 1. The van der Waals surface area contributed by atoms with Crippen molar-refractivity contribution < 1.29 is 22.7 Å². The fraction of sp³-hybridized carbons (Fsp3) is 0.333. The lowest BCUT2D eigenvalue weighted by atomic mass is 9.64. The Kier molecular flexibility index (Phi) is 7.59. The lowest BCUT2D eigenvalue weighted by Crippen LogP contribution is -2.46. The molecule has 1 aliphatic carbocycles. The topological polar surface area (TPSA) is 102 Å². The van der Waals surface area contributed by atoms with E-state index in [-0.39, 0.29) is 20.4 Å². The first-order valence-electron chi connectivity index (χ1n) is 9.64. The Morgan fingerprint density at radius 3 is 2.35 bits per heavy atom. The molecule has 2 aromatic carbocycles. The number of rotatable bonds is 9. The predicted molar refractivity (Wildman–Crippen MR) is 118 cm³/mol. The molecule has 0 spiro atoms. The molecule has 2 aromatic rings. The zero-order chi connectivity index (χ0) is 22.5. The molecule has 31 heavy (non-hydrogen) atoms. The van der Waals surface area contributed by atoms with Gasteiger partial charge in [-0.05, 0) is 36.6 Å². The maximum absolute atomic E-state index is 12.2. The van der Waals surface area contributed by atoms with Crippen molar-refractivity contribution in [2.75, 3.05) is 19.7 Å². The fourth-order valence-corrected chi connectivity index (χ4v) is 4.72. The van der Waals surface area contributed by atoms with Gasteiger partial charge in [0.2, 0.25) is 10.0 Å². The third kappa shape index (κ3) is 5.98. The van der Waals surface area contributed by atoms with E-state index in [1.165, 1.54) is 23.8 Å². The minimum Gasteiger partial charge on any atom is -0.455 e. The van der Waals surface area contributed by atoms with Gasteiger partial charge in [-0.3, -0.25) is 9.59 Å². The summed E-state index contributed by atoms with van der Waals surface area (Å²) in [6.07, 6.45) is 3.06. The van der Waals surface area contributed by atoms with E-state index in [0.717, 1.165) is 19.3 Å². The van der Waals surface area contributed by atoms with Crippen molar-refractivity contribution in [2.24, 2.45) is 0 Å². The van der Waals surface area contributed by atoms with Crippen LogP contribution in [-0.2, 0) is 29.8 Å². The van der Waals surface area contributed by atoms with Crippen molar-refractivity contribution in [1.29, 1.82) is 0 Å². The molecule has 1 saturated carbocycles. The summed E-state index contributed by atoms with van der Waals surface area (Å²) in [6, 6.07) is 13.8. The lowest BCUT2D eigenvalue weighted by molar-refractivity contribution is -0.147. The van der Waals surface area contributed by atoms with E-state index in [0.29, 0.717) is 6.54 Å². The van der Waals surface area contributed by atoms with E-state index in [1.54, 1.807) is 0 Å². The quantitative estimate of drug-likeness (QED) is 0.532. The highest BCUT2D eigenvalue weighted by Crippen LogP contribution is 2.43. The van der Waals surface area contributed by atoms with Crippen LogP contribution in [-0.4, -0.2) is 40.0 Å². The van der Waals surface area contributed by atoms with Gasteiger partial charge in [-0.25, -0.2) is 8.42 Å². The number of carbonyl (C=O) groups excluding carboxylic acids is 2. The molecule has 3 rings (SSSR count). The Balaban J connectivity index is 1.44. The van der Waals surface area contributed by atoms with Gasteiger partial charge in [0.15, 0.2) is 6.61 Å². The van der Waals surface area contributed by atoms with Gasteiger partial charge >= 0.3 is 5.97 Å².